The predicted molar refractivity (Wildman–Crippen MR) is 60.0 cm³/mol. The number of rotatable bonds is 1. The van der Waals surface area contributed by atoms with Crippen molar-refractivity contribution in [1.82, 2.24) is 9.97 Å². The Labute approximate surface area is 104 Å². The molecule has 0 aliphatic heterocycles. The third-order valence-electron chi connectivity index (χ3n) is 2.35. The number of halogens is 4. The summed E-state index contributed by atoms with van der Waals surface area (Å²) in [5, 5.41) is 0. The molecule has 0 aliphatic rings. The van der Waals surface area contributed by atoms with Crippen LogP contribution in [-0.2, 0) is 6.18 Å². The number of benzene rings is 1. The zero-order valence-electron chi connectivity index (χ0n) is 9.68. The molecular weight excluding hydrogens is 264 g/mol. The van der Waals surface area contributed by atoms with Crippen molar-refractivity contribution < 1.29 is 17.6 Å². The molecule has 0 saturated carbocycles. The zero-order chi connectivity index (χ0) is 14.2. The van der Waals surface area contributed by atoms with Crippen LogP contribution in [0.4, 0.5) is 17.6 Å². The molecule has 2 rings (SSSR count). The summed E-state index contributed by atoms with van der Waals surface area (Å²) in [6.07, 6.45) is -4.77. The monoisotopic (exact) mass is 272 g/mol. The molecule has 3 nitrogen and oxygen atoms in total. The molecule has 1 aromatic heterocycles. The molecule has 0 spiro atoms. The van der Waals surface area contributed by atoms with E-state index in [9.17, 15) is 22.4 Å². The largest absolute Gasteiger partial charge is 0.449 e. The normalized spacial score (nSPS) is 11.6. The van der Waals surface area contributed by atoms with Crippen molar-refractivity contribution >= 4 is 0 Å². The first-order chi connectivity index (χ1) is 8.75. The standard InChI is InChI=1S/C12H8F4N2O/c1-6-2-7(4-8(13)3-6)9-5-10(19)18-11(17-9)12(14,15)16/h2-5H,1H3,(H,17,18,19). The summed E-state index contributed by atoms with van der Waals surface area (Å²) in [5.74, 6) is -2.01. The van der Waals surface area contributed by atoms with E-state index in [-0.39, 0.29) is 11.3 Å². The van der Waals surface area contributed by atoms with Crippen LogP contribution in [0.5, 0.6) is 0 Å². The van der Waals surface area contributed by atoms with Gasteiger partial charge in [0.1, 0.15) is 5.82 Å². The van der Waals surface area contributed by atoms with Crippen molar-refractivity contribution in [2.75, 3.05) is 0 Å². The van der Waals surface area contributed by atoms with Crippen molar-refractivity contribution in [2.45, 2.75) is 13.1 Å². The maximum Gasteiger partial charge on any atom is 0.449 e. The molecule has 0 bridgehead atoms. The van der Waals surface area contributed by atoms with Crippen LogP contribution in [0.2, 0.25) is 0 Å². The molecule has 0 unspecified atom stereocenters. The van der Waals surface area contributed by atoms with Crippen molar-refractivity contribution in [3.63, 3.8) is 0 Å². The van der Waals surface area contributed by atoms with Gasteiger partial charge in [0.2, 0.25) is 5.82 Å². The van der Waals surface area contributed by atoms with Crippen LogP contribution in [0.3, 0.4) is 0 Å². The Hall–Kier alpha value is -2.18. The fraction of sp³-hybridized carbons (Fsp3) is 0.167. The third-order valence-corrected chi connectivity index (χ3v) is 2.35. The fourth-order valence-electron chi connectivity index (χ4n) is 1.62. The van der Waals surface area contributed by atoms with Gasteiger partial charge in [0, 0.05) is 11.6 Å². The molecule has 19 heavy (non-hydrogen) atoms. The van der Waals surface area contributed by atoms with Gasteiger partial charge in [-0.2, -0.15) is 13.2 Å². The van der Waals surface area contributed by atoms with E-state index in [4.69, 9.17) is 0 Å². The fourth-order valence-corrected chi connectivity index (χ4v) is 1.62. The number of aromatic nitrogens is 2. The van der Waals surface area contributed by atoms with Crippen LogP contribution in [0.1, 0.15) is 11.4 Å². The van der Waals surface area contributed by atoms with E-state index in [0.29, 0.717) is 5.56 Å². The molecule has 100 valence electrons. The van der Waals surface area contributed by atoms with Crippen molar-refractivity contribution in [2.24, 2.45) is 0 Å². The zero-order valence-corrected chi connectivity index (χ0v) is 9.68. The lowest BCUT2D eigenvalue weighted by molar-refractivity contribution is -0.145. The Morgan fingerprint density at radius 3 is 2.42 bits per heavy atom. The highest BCUT2D eigenvalue weighted by Crippen LogP contribution is 2.27. The van der Waals surface area contributed by atoms with E-state index in [1.54, 1.807) is 11.9 Å². The minimum atomic E-state index is -4.77. The van der Waals surface area contributed by atoms with Crippen molar-refractivity contribution in [1.29, 1.82) is 0 Å². The number of aromatic amines is 1. The average Bonchev–Trinajstić information content (AvgIpc) is 2.25. The molecule has 1 aromatic carbocycles. The highest BCUT2D eigenvalue weighted by atomic mass is 19.4. The van der Waals surface area contributed by atoms with Gasteiger partial charge in [0.05, 0.1) is 5.69 Å². The van der Waals surface area contributed by atoms with E-state index in [0.717, 1.165) is 12.1 Å². The van der Waals surface area contributed by atoms with Gasteiger partial charge in [-0.3, -0.25) is 4.79 Å². The molecule has 0 saturated heterocycles. The Morgan fingerprint density at radius 2 is 1.84 bits per heavy atom. The van der Waals surface area contributed by atoms with Gasteiger partial charge in [0.25, 0.3) is 5.56 Å². The summed E-state index contributed by atoms with van der Waals surface area (Å²) in [6, 6.07) is 4.59. The van der Waals surface area contributed by atoms with E-state index in [1.807, 2.05) is 0 Å². The average molecular weight is 272 g/mol. The number of alkyl halides is 3. The van der Waals surface area contributed by atoms with E-state index in [1.165, 1.54) is 12.1 Å². The van der Waals surface area contributed by atoms with Crippen LogP contribution < -0.4 is 5.56 Å². The number of nitrogens with one attached hydrogen (secondary N) is 1. The summed E-state index contributed by atoms with van der Waals surface area (Å²) in [4.78, 5) is 16.1. The van der Waals surface area contributed by atoms with E-state index >= 15 is 0 Å². The summed E-state index contributed by atoms with van der Waals surface area (Å²) < 4.78 is 50.8. The topological polar surface area (TPSA) is 45.8 Å². The van der Waals surface area contributed by atoms with E-state index in [2.05, 4.69) is 4.98 Å². The molecule has 2 aromatic rings. The second-order valence-corrected chi connectivity index (χ2v) is 3.99. The maximum absolute atomic E-state index is 13.2. The molecule has 0 aliphatic carbocycles. The first kappa shape index (κ1) is 13.3. The Kier molecular flexibility index (Phi) is 3.13. The minimum absolute atomic E-state index is 0.120. The van der Waals surface area contributed by atoms with Gasteiger partial charge in [-0.1, -0.05) is 0 Å². The Morgan fingerprint density at radius 1 is 1.16 bits per heavy atom. The van der Waals surface area contributed by atoms with Crippen molar-refractivity contribution in [3.8, 4) is 11.3 Å². The first-order valence-corrected chi connectivity index (χ1v) is 5.22. The number of hydrogen-bond donors (Lipinski definition) is 1. The maximum atomic E-state index is 13.2. The minimum Gasteiger partial charge on any atom is -0.303 e. The highest BCUT2D eigenvalue weighted by molar-refractivity contribution is 5.59. The SMILES string of the molecule is Cc1cc(F)cc(-c2cc(=O)[nH]c(C(F)(F)F)n2)c1. The Balaban J connectivity index is 2.63. The van der Waals surface area contributed by atoms with Gasteiger partial charge in [-0.05, 0) is 30.7 Å². The number of hydrogen-bond acceptors (Lipinski definition) is 2. The van der Waals surface area contributed by atoms with Gasteiger partial charge in [0.15, 0.2) is 0 Å². The first-order valence-electron chi connectivity index (χ1n) is 5.22. The predicted octanol–water partition coefficient (Wildman–Crippen LogP) is 2.90. The van der Waals surface area contributed by atoms with Gasteiger partial charge in [-0.25, -0.2) is 9.37 Å². The Bertz CT molecular complexity index is 656. The molecule has 0 atom stereocenters. The van der Waals surface area contributed by atoms with Gasteiger partial charge >= 0.3 is 6.18 Å². The third kappa shape index (κ3) is 2.98. The van der Waals surface area contributed by atoms with Crippen LogP contribution in [0, 0.1) is 12.7 Å². The second-order valence-electron chi connectivity index (χ2n) is 3.99. The smallest absolute Gasteiger partial charge is 0.303 e. The van der Waals surface area contributed by atoms with Gasteiger partial charge in [-0.15, -0.1) is 0 Å². The molecule has 1 N–H and O–H groups in total. The number of nitrogens with zero attached hydrogens (tertiary/aromatic N) is 1. The lowest BCUT2D eigenvalue weighted by Gasteiger charge is -2.08. The van der Waals surface area contributed by atoms with Gasteiger partial charge < -0.3 is 4.98 Å². The molecule has 7 heteroatoms. The quantitative estimate of drug-likeness (QED) is 0.811. The van der Waals surface area contributed by atoms with Crippen LogP contribution >= 0.6 is 0 Å². The van der Waals surface area contributed by atoms with Crippen LogP contribution in [-0.4, -0.2) is 9.97 Å². The second kappa shape index (κ2) is 4.49. The number of H-pyrrole nitrogens is 1. The number of aryl methyl sites for hydroxylation is 1. The highest BCUT2D eigenvalue weighted by Gasteiger charge is 2.34. The van der Waals surface area contributed by atoms with Crippen LogP contribution in [0.25, 0.3) is 11.3 Å². The molecule has 0 fully saturated rings. The van der Waals surface area contributed by atoms with E-state index < -0.39 is 23.4 Å². The summed E-state index contributed by atoms with van der Waals surface area (Å²) >= 11 is 0. The summed E-state index contributed by atoms with van der Waals surface area (Å²) in [5.41, 5.74) is -0.530. The summed E-state index contributed by atoms with van der Waals surface area (Å²) in [6.45, 7) is 1.59. The van der Waals surface area contributed by atoms with Crippen LogP contribution in [0.15, 0.2) is 29.1 Å². The lowest BCUT2D eigenvalue weighted by atomic mass is 10.1. The lowest BCUT2D eigenvalue weighted by Crippen LogP contribution is -2.18. The molecule has 0 radical (unpaired) electrons. The van der Waals surface area contributed by atoms with Crippen molar-refractivity contribution in [3.05, 3.63) is 51.8 Å². The summed E-state index contributed by atoms with van der Waals surface area (Å²) in [7, 11) is 0. The molecular formula is C12H8F4N2O. The molecule has 1 heterocycles. The molecule has 0 amide bonds.